The van der Waals surface area contributed by atoms with Gasteiger partial charge in [0.2, 0.25) is 0 Å². The lowest BCUT2D eigenvalue weighted by Crippen LogP contribution is -2.45. The van der Waals surface area contributed by atoms with Gasteiger partial charge in [-0.1, -0.05) is 15.9 Å². The number of benzene rings is 1. The first-order valence-electron chi connectivity index (χ1n) is 5.59. The van der Waals surface area contributed by atoms with Crippen molar-refractivity contribution in [3.05, 3.63) is 22.7 Å². The predicted molar refractivity (Wildman–Crippen MR) is 67.5 cm³/mol. The molecule has 0 radical (unpaired) electrons. The maximum Gasteiger partial charge on any atom is 0.0591 e. The van der Waals surface area contributed by atoms with Crippen LogP contribution in [0.2, 0.25) is 0 Å². The number of rotatable bonds is 0. The molecule has 1 aromatic rings. The van der Waals surface area contributed by atoms with Crippen LogP contribution in [-0.2, 0) is 0 Å². The van der Waals surface area contributed by atoms with Gasteiger partial charge in [0.25, 0.3) is 0 Å². The van der Waals surface area contributed by atoms with E-state index in [2.05, 4.69) is 44.8 Å². The van der Waals surface area contributed by atoms with E-state index in [-0.39, 0.29) is 0 Å². The van der Waals surface area contributed by atoms with Crippen molar-refractivity contribution in [2.24, 2.45) is 0 Å². The summed E-state index contributed by atoms with van der Waals surface area (Å²) in [7, 11) is 0. The highest BCUT2D eigenvalue weighted by atomic mass is 79.9. The molecule has 0 atom stereocenters. The van der Waals surface area contributed by atoms with Gasteiger partial charge in [-0.25, -0.2) is 0 Å². The molecule has 2 N–H and O–H groups in total. The molecule has 1 aliphatic carbocycles. The van der Waals surface area contributed by atoms with Crippen molar-refractivity contribution in [1.82, 2.24) is 0 Å². The van der Waals surface area contributed by atoms with Crippen molar-refractivity contribution in [3.63, 3.8) is 0 Å². The van der Waals surface area contributed by atoms with Crippen LogP contribution >= 0.6 is 15.9 Å². The van der Waals surface area contributed by atoms with Crippen LogP contribution in [0, 0.1) is 0 Å². The Morgan fingerprint density at radius 1 is 1.13 bits per heavy atom. The Morgan fingerprint density at radius 3 is 2.73 bits per heavy atom. The normalized spacial score (nSPS) is 21.9. The lowest BCUT2D eigenvalue weighted by atomic mass is 9.74. The first kappa shape index (κ1) is 9.52. The molecular weight excluding hydrogens is 252 g/mol. The molecule has 1 spiro atoms. The summed E-state index contributed by atoms with van der Waals surface area (Å²) in [5.41, 5.74) is 2.88. The number of hydrogen-bond acceptors (Lipinski definition) is 2. The Hall–Kier alpha value is -0.700. The van der Waals surface area contributed by atoms with Crippen LogP contribution < -0.4 is 10.6 Å². The molecule has 15 heavy (non-hydrogen) atoms. The molecule has 80 valence electrons. The molecule has 0 amide bonds. The molecule has 0 aromatic heterocycles. The maximum atomic E-state index is 3.72. The van der Waals surface area contributed by atoms with E-state index in [0.717, 1.165) is 11.0 Å². The fraction of sp³-hybridized carbons (Fsp3) is 0.500. The minimum absolute atomic E-state index is 0.388. The van der Waals surface area contributed by atoms with E-state index in [1.54, 1.807) is 0 Å². The van der Waals surface area contributed by atoms with Gasteiger partial charge in [0.1, 0.15) is 0 Å². The Kier molecular flexibility index (Phi) is 2.16. The number of anilines is 2. The van der Waals surface area contributed by atoms with Gasteiger partial charge in [0, 0.05) is 16.6 Å². The molecule has 1 aromatic carbocycles. The molecule has 3 rings (SSSR count). The van der Waals surface area contributed by atoms with Gasteiger partial charge in [-0.3, -0.25) is 0 Å². The fourth-order valence-electron chi connectivity index (χ4n) is 2.54. The van der Waals surface area contributed by atoms with Gasteiger partial charge in [0.15, 0.2) is 0 Å². The summed E-state index contributed by atoms with van der Waals surface area (Å²) >= 11 is 3.53. The Morgan fingerprint density at radius 2 is 2.00 bits per heavy atom. The minimum atomic E-state index is 0.388. The molecule has 0 bridgehead atoms. The second-order valence-electron chi connectivity index (χ2n) is 4.63. The van der Waals surface area contributed by atoms with Crippen LogP contribution in [0.15, 0.2) is 22.7 Å². The lowest BCUT2D eigenvalue weighted by molar-refractivity contribution is 0.268. The highest BCUT2D eigenvalue weighted by molar-refractivity contribution is 9.10. The third-order valence-electron chi connectivity index (χ3n) is 3.61. The van der Waals surface area contributed by atoms with Gasteiger partial charge < -0.3 is 10.6 Å². The summed E-state index contributed by atoms with van der Waals surface area (Å²) in [6.07, 6.45) is 5.25. The summed E-state index contributed by atoms with van der Waals surface area (Å²) in [6.45, 7) is 1.08. The van der Waals surface area contributed by atoms with Crippen LogP contribution in [0.5, 0.6) is 0 Å². The minimum Gasteiger partial charge on any atom is -0.383 e. The molecule has 1 heterocycles. The third-order valence-corrected chi connectivity index (χ3v) is 4.10. The van der Waals surface area contributed by atoms with E-state index in [4.69, 9.17) is 0 Å². The highest BCUT2D eigenvalue weighted by Crippen LogP contribution is 2.42. The number of halogens is 1. The van der Waals surface area contributed by atoms with Crippen LogP contribution in [0.1, 0.15) is 25.7 Å². The Labute approximate surface area is 98.6 Å². The first-order chi connectivity index (χ1) is 7.27. The molecule has 1 saturated carbocycles. The second kappa shape index (κ2) is 3.41. The summed E-state index contributed by atoms with van der Waals surface area (Å²) < 4.78 is 1.15. The predicted octanol–water partition coefficient (Wildman–Crippen LogP) is 3.60. The van der Waals surface area contributed by atoms with Gasteiger partial charge in [-0.2, -0.15) is 0 Å². The van der Waals surface area contributed by atoms with E-state index in [1.165, 1.54) is 37.1 Å². The summed E-state index contributed by atoms with van der Waals surface area (Å²) in [5, 5.41) is 7.21. The molecule has 3 heteroatoms. The molecule has 2 nitrogen and oxygen atoms in total. The van der Waals surface area contributed by atoms with E-state index < -0.39 is 0 Å². The lowest BCUT2D eigenvalue weighted by Gasteiger charge is -2.42. The molecule has 1 aliphatic heterocycles. The zero-order valence-electron chi connectivity index (χ0n) is 8.65. The van der Waals surface area contributed by atoms with Crippen molar-refractivity contribution in [1.29, 1.82) is 0 Å². The standard InChI is InChI=1S/C12H15BrN2/c13-9-2-3-10-11(8-9)15-12(4-1-5-12)6-7-14-10/h2-3,8,14-15H,1,4-7H2. The zero-order valence-corrected chi connectivity index (χ0v) is 10.2. The monoisotopic (exact) mass is 266 g/mol. The fourth-order valence-corrected chi connectivity index (χ4v) is 2.90. The summed E-state index contributed by atoms with van der Waals surface area (Å²) in [6, 6.07) is 6.41. The largest absolute Gasteiger partial charge is 0.383 e. The highest BCUT2D eigenvalue weighted by Gasteiger charge is 2.37. The van der Waals surface area contributed by atoms with Crippen molar-refractivity contribution in [3.8, 4) is 0 Å². The van der Waals surface area contributed by atoms with Crippen LogP contribution in [0.3, 0.4) is 0 Å². The van der Waals surface area contributed by atoms with Gasteiger partial charge in [-0.05, 0) is 43.9 Å². The zero-order chi connectivity index (χ0) is 10.3. The third kappa shape index (κ3) is 1.63. The van der Waals surface area contributed by atoms with Crippen LogP contribution in [0.4, 0.5) is 11.4 Å². The van der Waals surface area contributed by atoms with Crippen molar-refractivity contribution in [2.45, 2.75) is 31.2 Å². The summed E-state index contributed by atoms with van der Waals surface area (Å²) in [4.78, 5) is 0. The molecule has 2 aliphatic rings. The smallest absolute Gasteiger partial charge is 0.0591 e. The molecule has 0 unspecified atom stereocenters. The summed E-state index contributed by atoms with van der Waals surface area (Å²) in [5.74, 6) is 0. The SMILES string of the molecule is Brc1ccc2c(c1)NC1(CCC1)CCN2. The van der Waals surface area contributed by atoms with Crippen molar-refractivity contribution < 1.29 is 0 Å². The maximum absolute atomic E-state index is 3.72. The molecule has 0 saturated heterocycles. The number of hydrogen-bond donors (Lipinski definition) is 2. The van der Waals surface area contributed by atoms with Gasteiger partial charge >= 0.3 is 0 Å². The van der Waals surface area contributed by atoms with Gasteiger partial charge in [0.05, 0.1) is 11.4 Å². The molecule has 1 fully saturated rings. The van der Waals surface area contributed by atoms with E-state index >= 15 is 0 Å². The Bertz CT molecular complexity index is 385. The van der Waals surface area contributed by atoms with Crippen LogP contribution in [-0.4, -0.2) is 12.1 Å². The van der Waals surface area contributed by atoms with E-state index in [9.17, 15) is 0 Å². The van der Waals surface area contributed by atoms with Crippen molar-refractivity contribution >= 4 is 27.3 Å². The quantitative estimate of drug-likeness (QED) is 0.750. The van der Waals surface area contributed by atoms with E-state index in [1.807, 2.05) is 0 Å². The van der Waals surface area contributed by atoms with Crippen LogP contribution in [0.25, 0.3) is 0 Å². The first-order valence-corrected chi connectivity index (χ1v) is 6.38. The van der Waals surface area contributed by atoms with Gasteiger partial charge in [-0.15, -0.1) is 0 Å². The number of nitrogens with one attached hydrogen (secondary N) is 2. The topological polar surface area (TPSA) is 24.1 Å². The second-order valence-corrected chi connectivity index (χ2v) is 5.54. The Balaban J connectivity index is 1.96. The van der Waals surface area contributed by atoms with Crippen molar-refractivity contribution in [2.75, 3.05) is 17.2 Å². The molecular formula is C12H15BrN2. The number of fused-ring (bicyclic) bond motifs is 1. The average molecular weight is 267 g/mol. The average Bonchev–Trinajstić information content (AvgIpc) is 2.35. The van der Waals surface area contributed by atoms with E-state index in [0.29, 0.717) is 5.54 Å².